The van der Waals surface area contributed by atoms with E-state index in [4.69, 9.17) is 5.73 Å². The number of benzene rings is 1. The molecule has 0 radical (unpaired) electrons. The zero-order valence-electron chi connectivity index (χ0n) is 15.2. The fraction of sp³-hybridized carbons (Fsp3) is 0.300. The summed E-state index contributed by atoms with van der Waals surface area (Å²) in [6.45, 7) is 0. The maximum Gasteiger partial charge on any atom is 0.433 e. The highest BCUT2D eigenvalue weighted by Gasteiger charge is 2.33. The number of primary amides is 1. The van der Waals surface area contributed by atoms with Gasteiger partial charge in [-0.05, 0) is 42.7 Å². The number of carbonyl (C=O) groups excluding carboxylic acids is 2. The highest BCUT2D eigenvalue weighted by Crippen LogP contribution is 2.33. The molecule has 2 aromatic heterocycles. The Balaban J connectivity index is 1.73. The molecule has 1 aliphatic rings. The van der Waals surface area contributed by atoms with Gasteiger partial charge in [0.2, 0.25) is 0 Å². The fourth-order valence-corrected chi connectivity index (χ4v) is 3.63. The van der Waals surface area contributed by atoms with E-state index in [1.54, 1.807) is 18.2 Å². The second-order valence-electron chi connectivity index (χ2n) is 7.11. The lowest BCUT2D eigenvalue weighted by molar-refractivity contribution is -0.141. The number of hydrogen-bond acceptors (Lipinski definition) is 4. The number of rotatable bonds is 3. The molecule has 1 saturated carbocycles. The van der Waals surface area contributed by atoms with Crippen LogP contribution in [0.1, 0.15) is 47.9 Å². The first-order valence-corrected chi connectivity index (χ1v) is 9.11. The second-order valence-corrected chi connectivity index (χ2v) is 7.11. The maximum atomic E-state index is 12.9. The Morgan fingerprint density at radius 2 is 1.86 bits per heavy atom. The molecule has 1 amide bonds. The molecule has 6 nitrogen and oxygen atoms in total. The number of carbonyl (C=O) groups is 2. The van der Waals surface area contributed by atoms with Crippen molar-refractivity contribution in [1.29, 1.82) is 0 Å². The van der Waals surface area contributed by atoms with Gasteiger partial charge in [0.25, 0.3) is 5.91 Å². The quantitative estimate of drug-likeness (QED) is 0.719. The molecule has 0 bridgehead atoms. The van der Waals surface area contributed by atoms with Crippen LogP contribution in [-0.4, -0.2) is 26.5 Å². The molecule has 2 N–H and O–H groups in total. The molecular weight excluding hydrogens is 385 g/mol. The van der Waals surface area contributed by atoms with Crippen LogP contribution in [0, 0.1) is 0 Å². The second kappa shape index (κ2) is 6.98. The van der Waals surface area contributed by atoms with Crippen LogP contribution in [0.25, 0.3) is 22.0 Å². The van der Waals surface area contributed by atoms with E-state index in [0.29, 0.717) is 23.9 Å². The summed E-state index contributed by atoms with van der Waals surface area (Å²) in [4.78, 5) is 26.6. The molecule has 0 spiro atoms. The Kier molecular flexibility index (Phi) is 4.60. The van der Waals surface area contributed by atoms with Gasteiger partial charge < -0.3 is 5.73 Å². The third-order valence-corrected chi connectivity index (χ3v) is 5.14. The summed E-state index contributed by atoms with van der Waals surface area (Å²) in [6, 6.07) is 7.31. The molecule has 1 fully saturated rings. The van der Waals surface area contributed by atoms with Crippen LogP contribution >= 0.6 is 0 Å². The zero-order valence-corrected chi connectivity index (χ0v) is 15.2. The molecule has 0 atom stereocenters. The number of hydrogen-bond donors (Lipinski definition) is 1. The van der Waals surface area contributed by atoms with Crippen molar-refractivity contribution >= 4 is 22.6 Å². The van der Waals surface area contributed by atoms with Gasteiger partial charge >= 0.3 is 6.18 Å². The van der Waals surface area contributed by atoms with Crippen LogP contribution < -0.4 is 5.73 Å². The molecule has 2 heterocycles. The topological polar surface area (TPSA) is 90.9 Å². The van der Waals surface area contributed by atoms with E-state index in [9.17, 15) is 22.8 Å². The standard InChI is InChI=1S/C20H17F3N4O2/c21-20(22,23)17-8-6-15(18(25-17)19(24)29)11-1-7-16-12(9-11)10-27(26-16)13-2-4-14(28)5-3-13/h1,6-10,13H,2-5H2,(H2,24,29). The van der Waals surface area contributed by atoms with Crippen molar-refractivity contribution in [1.82, 2.24) is 14.8 Å². The Hall–Kier alpha value is -3.23. The smallest absolute Gasteiger partial charge is 0.364 e. The van der Waals surface area contributed by atoms with E-state index in [0.717, 1.165) is 24.3 Å². The predicted octanol–water partition coefficient (Wildman–Crippen LogP) is 3.90. The first-order chi connectivity index (χ1) is 13.7. The van der Waals surface area contributed by atoms with Crippen molar-refractivity contribution in [2.45, 2.75) is 37.9 Å². The average molecular weight is 402 g/mol. The molecule has 4 rings (SSSR count). The van der Waals surface area contributed by atoms with Crippen LogP contribution in [0.3, 0.4) is 0 Å². The van der Waals surface area contributed by atoms with Gasteiger partial charge in [-0.15, -0.1) is 0 Å². The van der Waals surface area contributed by atoms with E-state index >= 15 is 0 Å². The van der Waals surface area contributed by atoms with E-state index in [2.05, 4.69) is 10.1 Å². The highest BCUT2D eigenvalue weighted by molar-refractivity contribution is 5.99. The first kappa shape index (κ1) is 19.1. The summed E-state index contributed by atoms with van der Waals surface area (Å²) in [5.74, 6) is -0.775. The number of alkyl halides is 3. The number of Topliss-reactive ketones (excluding diaryl/α,β-unsaturated/α-hetero) is 1. The Bertz CT molecular complexity index is 1110. The third kappa shape index (κ3) is 3.72. The van der Waals surface area contributed by atoms with Crippen molar-refractivity contribution < 1.29 is 22.8 Å². The molecule has 0 unspecified atom stereocenters. The number of ketones is 1. The van der Waals surface area contributed by atoms with Crippen LogP contribution in [-0.2, 0) is 11.0 Å². The largest absolute Gasteiger partial charge is 0.433 e. The van der Waals surface area contributed by atoms with Gasteiger partial charge in [0.05, 0.1) is 11.6 Å². The van der Waals surface area contributed by atoms with Crippen LogP contribution in [0.15, 0.2) is 36.5 Å². The molecular formula is C20H17F3N4O2. The van der Waals surface area contributed by atoms with E-state index in [1.807, 2.05) is 10.9 Å². The summed E-state index contributed by atoms with van der Waals surface area (Å²) in [6.07, 6.45) is -0.296. The van der Waals surface area contributed by atoms with E-state index < -0.39 is 23.5 Å². The monoisotopic (exact) mass is 402 g/mol. The van der Waals surface area contributed by atoms with Gasteiger partial charge in [-0.1, -0.05) is 6.07 Å². The summed E-state index contributed by atoms with van der Waals surface area (Å²) >= 11 is 0. The van der Waals surface area contributed by atoms with Gasteiger partial charge in [0.1, 0.15) is 17.2 Å². The van der Waals surface area contributed by atoms with Crippen molar-refractivity contribution in [3.8, 4) is 11.1 Å². The molecule has 3 aromatic rings. The van der Waals surface area contributed by atoms with Gasteiger partial charge in [-0.3, -0.25) is 14.3 Å². The van der Waals surface area contributed by atoms with Gasteiger partial charge in [0, 0.05) is 30.0 Å². The minimum absolute atomic E-state index is 0.137. The normalized spacial score (nSPS) is 15.8. The summed E-state index contributed by atoms with van der Waals surface area (Å²) in [7, 11) is 0. The van der Waals surface area contributed by atoms with Gasteiger partial charge in [-0.25, -0.2) is 4.98 Å². The maximum absolute atomic E-state index is 12.9. The van der Waals surface area contributed by atoms with Crippen molar-refractivity contribution in [2.75, 3.05) is 0 Å². The summed E-state index contributed by atoms with van der Waals surface area (Å²) in [5.41, 5.74) is 5.13. The summed E-state index contributed by atoms with van der Waals surface area (Å²) in [5, 5.41) is 5.32. The SMILES string of the molecule is NC(=O)c1nc(C(F)(F)F)ccc1-c1ccc2nn(C3CCC(=O)CC3)cc2c1. The molecule has 29 heavy (non-hydrogen) atoms. The summed E-state index contributed by atoms with van der Waals surface area (Å²) < 4.78 is 40.6. The minimum atomic E-state index is -4.67. The van der Waals surface area contributed by atoms with E-state index in [1.165, 1.54) is 6.07 Å². The molecule has 9 heteroatoms. The highest BCUT2D eigenvalue weighted by atomic mass is 19.4. The number of nitrogens with zero attached hydrogens (tertiary/aromatic N) is 3. The fourth-order valence-electron chi connectivity index (χ4n) is 3.63. The van der Waals surface area contributed by atoms with Crippen LogP contribution in [0.2, 0.25) is 0 Å². The van der Waals surface area contributed by atoms with Crippen LogP contribution in [0.5, 0.6) is 0 Å². The lowest BCUT2D eigenvalue weighted by Gasteiger charge is -2.20. The van der Waals surface area contributed by atoms with Gasteiger partial charge in [0.15, 0.2) is 0 Å². The number of amides is 1. The van der Waals surface area contributed by atoms with E-state index in [-0.39, 0.29) is 17.4 Å². The third-order valence-electron chi connectivity index (χ3n) is 5.14. The molecule has 1 aliphatic carbocycles. The van der Waals surface area contributed by atoms with Crippen molar-refractivity contribution in [2.24, 2.45) is 5.73 Å². The number of nitrogens with two attached hydrogens (primary N) is 1. The number of aromatic nitrogens is 3. The zero-order chi connectivity index (χ0) is 20.8. The molecule has 0 saturated heterocycles. The number of pyridine rings is 1. The van der Waals surface area contributed by atoms with Crippen molar-refractivity contribution in [3.63, 3.8) is 0 Å². The minimum Gasteiger partial charge on any atom is -0.364 e. The molecule has 150 valence electrons. The van der Waals surface area contributed by atoms with Crippen LogP contribution in [0.4, 0.5) is 13.2 Å². The van der Waals surface area contributed by atoms with Crippen molar-refractivity contribution in [3.05, 3.63) is 47.9 Å². The lowest BCUT2D eigenvalue weighted by atomic mass is 9.94. The number of fused-ring (bicyclic) bond motifs is 1. The average Bonchev–Trinajstić information content (AvgIpc) is 3.10. The molecule has 1 aromatic carbocycles. The Labute approximate surface area is 163 Å². The van der Waals surface area contributed by atoms with Gasteiger partial charge in [-0.2, -0.15) is 18.3 Å². The first-order valence-electron chi connectivity index (χ1n) is 9.11. The predicted molar refractivity (Wildman–Crippen MR) is 99.0 cm³/mol. The molecule has 0 aliphatic heterocycles. The lowest BCUT2D eigenvalue weighted by Crippen LogP contribution is -2.18. The number of halogens is 3. The Morgan fingerprint density at radius 1 is 1.14 bits per heavy atom. The Morgan fingerprint density at radius 3 is 2.52 bits per heavy atom.